The van der Waals surface area contributed by atoms with Gasteiger partial charge in [0.05, 0.1) is 0 Å². The molecule has 12 heteroatoms. The van der Waals surface area contributed by atoms with E-state index in [1.807, 2.05) is 30.3 Å². The van der Waals surface area contributed by atoms with Crippen LogP contribution in [0.4, 0.5) is 0 Å². The zero-order valence-corrected chi connectivity index (χ0v) is 24.0. The summed E-state index contributed by atoms with van der Waals surface area (Å²) >= 11 is 0. The van der Waals surface area contributed by atoms with E-state index in [4.69, 9.17) is 16.9 Å². The molecule has 0 aliphatic rings. The van der Waals surface area contributed by atoms with Crippen molar-refractivity contribution in [1.82, 2.24) is 20.0 Å². The summed E-state index contributed by atoms with van der Waals surface area (Å²) in [7, 11) is 4.49. The Hall–Kier alpha value is -4.61. The molecule has 0 saturated carbocycles. The minimum absolute atomic E-state index is 0.0704. The third-order valence-corrected chi connectivity index (χ3v) is 7.10. The summed E-state index contributed by atoms with van der Waals surface area (Å²) in [4.78, 5) is 56.5. The summed E-state index contributed by atoms with van der Waals surface area (Å²) < 4.78 is 0. The molecule has 0 radical (unpaired) electrons. The lowest BCUT2D eigenvalue weighted by Crippen LogP contribution is -2.58. The maximum absolute atomic E-state index is 13.9. The maximum Gasteiger partial charge on any atom is 0.246 e. The Morgan fingerprint density at radius 3 is 1.85 bits per heavy atom. The zero-order valence-electron chi connectivity index (χ0n) is 24.0. The van der Waals surface area contributed by atoms with Gasteiger partial charge in [0.15, 0.2) is 5.96 Å². The van der Waals surface area contributed by atoms with Crippen LogP contribution >= 0.6 is 0 Å². The molecule has 222 valence electrons. The number of hydrogen-bond donors (Lipinski definition) is 5. The number of phenols is 1. The highest BCUT2D eigenvalue weighted by Crippen LogP contribution is 2.19. The molecule has 0 fully saturated rings. The first-order valence-electron chi connectivity index (χ1n) is 13.3. The predicted molar refractivity (Wildman–Crippen MR) is 156 cm³/mol. The molecule has 0 heterocycles. The van der Waals surface area contributed by atoms with Gasteiger partial charge in [0.1, 0.15) is 23.9 Å². The summed E-state index contributed by atoms with van der Waals surface area (Å²) in [6.07, 6.45) is 0.927. The summed E-state index contributed by atoms with van der Waals surface area (Å²) in [6.45, 7) is 1.64. The second-order valence-corrected chi connectivity index (χ2v) is 10.0. The number of carbonyl (C=O) groups excluding carboxylic acids is 4. The normalized spacial score (nSPS) is 12.9. The number of rotatable bonds is 14. The van der Waals surface area contributed by atoms with E-state index in [1.165, 1.54) is 54.9 Å². The number of carbonyl (C=O) groups is 4. The van der Waals surface area contributed by atoms with Crippen LogP contribution in [-0.4, -0.2) is 95.2 Å². The lowest BCUT2D eigenvalue weighted by Gasteiger charge is -2.37. The van der Waals surface area contributed by atoms with Gasteiger partial charge in [-0.05, 0) is 36.1 Å². The molecule has 2 rings (SSSR count). The van der Waals surface area contributed by atoms with Crippen LogP contribution in [0, 0.1) is 5.41 Å². The third-order valence-electron chi connectivity index (χ3n) is 7.10. The molecule has 0 saturated heterocycles. The van der Waals surface area contributed by atoms with Crippen LogP contribution in [-0.2, 0) is 32.0 Å². The molecule has 4 amide bonds. The molecular formula is C29H41N7O5. The molecule has 2 aromatic carbocycles. The smallest absolute Gasteiger partial charge is 0.246 e. The SMILES string of the molecule is CC(=O)N(C)C(Cc1ccc(O)cc1)C(=O)N(C)C(CCCNC(=N)N)C(=O)N(C)C(Cc1ccccc1)C(N)=O. The monoisotopic (exact) mass is 567 g/mol. The first-order valence-corrected chi connectivity index (χ1v) is 13.3. The summed E-state index contributed by atoms with van der Waals surface area (Å²) in [5, 5.41) is 19.7. The van der Waals surface area contributed by atoms with Crippen LogP contribution < -0.4 is 16.8 Å². The number of benzene rings is 2. The van der Waals surface area contributed by atoms with E-state index in [9.17, 15) is 24.3 Å². The standard InChI is InChI=1S/C29H41N7O5/c1-19(37)34(2)25(18-21-12-14-22(38)15-13-21)28(41)35(3)23(11-8-16-33-29(31)32)27(40)36(4)24(26(30)39)17-20-9-6-5-7-10-20/h5-7,9-10,12-15,23-25,38H,8,11,16-18H2,1-4H3,(H2,30,39)(H4,31,32,33). The number of hydrogen-bond acceptors (Lipinski definition) is 6. The number of phenolic OH excluding ortho intramolecular Hbond substituents is 1. The van der Waals surface area contributed by atoms with E-state index in [2.05, 4.69) is 5.32 Å². The average Bonchev–Trinajstić information content (AvgIpc) is 2.94. The molecule has 2 aromatic rings. The highest BCUT2D eigenvalue weighted by atomic mass is 16.3. The Morgan fingerprint density at radius 2 is 1.32 bits per heavy atom. The van der Waals surface area contributed by atoms with Crippen LogP contribution in [0.3, 0.4) is 0 Å². The van der Waals surface area contributed by atoms with Crippen molar-refractivity contribution in [1.29, 1.82) is 5.41 Å². The molecule has 0 aliphatic carbocycles. The van der Waals surface area contributed by atoms with E-state index in [-0.39, 0.29) is 36.9 Å². The van der Waals surface area contributed by atoms with Crippen molar-refractivity contribution in [3.8, 4) is 5.75 Å². The van der Waals surface area contributed by atoms with Gasteiger partial charge in [-0.15, -0.1) is 0 Å². The average molecular weight is 568 g/mol. The lowest BCUT2D eigenvalue weighted by molar-refractivity contribution is -0.151. The first-order chi connectivity index (χ1) is 19.3. The van der Waals surface area contributed by atoms with Gasteiger partial charge in [-0.2, -0.15) is 0 Å². The topological polar surface area (TPSA) is 186 Å². The molecule has 0 aliphatic heterocycles. The van der Waals surface area contributed by atoms with Crippen molar-refractivity contribution in [3.63, 3.8) is 0 Å². The van der Waals surface area contributed by atoms with Crippen LogP contribution in [0.2, 0.25) is 0 Å². The molecule has 41 heavy (non-hydrogen) atoms. The van der Waals surface area contributed by atoms with Crippen molar-refractivity contribution >= 4 is 29.6 Å². The Kier molecular flexibility index (Phi) is 12.1. The van der Waals surface area contributed by atoms with Crippen molar-refractivity contribution in [2.24, 2.45) is 11.5 Å². The highest BCUT2D eigenvalue weighted by Gasteiger charge is 2.37. The second kappa shape index (κ2) is 15.2. The minimum atomic E-state index is -0.999. The molecule has 0 aromatic heterocycles. The van der Waals surface area contributed by atoms with Crippen molar-refractivity contribution in [2.75, 3.05) is 27.7 Å². The second-order valence-electron chi connectivity index (χ2n) is 10.0. The van der Waals surface area contributed by atoms with Gasteiger partial charge in [-0.3, -0.25) is 24.6 Å². The summed E-state index contributed by atoms with van der Waals surface area (Å²) in [5.74, 6) is -2.13. The van der Waals surface area contributed by atoms with E-state index in [1.54, 1.807) is 12.1 Å². The number of nitrogens with two attached hydrogens (primary N) is 2. The Bertz CT molecular complexity index is 1210. The summed E-state index contributed by atoms with van der Waals surface area (Å²) in [5.41, 5.74) is 12.6. The van der Waals surface area contributed by atoms with Crippen molar-refractivity contribution < 1.29 is 24.3 Å². The van der Waals surface area contributed by atoms with Gasteiger partial charge in [0.2, 0.25) is 23.6 Å². The fraction of sp³-hybridized carbons (Fsp3) is 0.414. The van der Waals surface area contributed by atoms with Crippen LogP contribution in [0.5, 0.6) is 5.75 Å². The third kappa shape index (κ3) is 9.52. The largest absolute Gasteiger partial charge is 0.508 e. The summed E-state index contributed by atoms with van der Waals surface area (Å²) in [6, 6.07) is 12.6. The van der Waals surface area contributed by atoms with Crippen LogP contribution in [0.15, 0.2) is 54.6 Å². The Balaban J connectivity index is 2.38. The van der Waals surface area contributed by atoms with Gasteiger partial charge in [0, 0.05) is 47.5 Å². The number of primary amides is 1. The van der Waals surface area contributed by atoms with Gasteiger partial charge in [-0.1, -0.05) is 42.5 Å². The molecule has 0 bridgehead atoms. The minimum Gasteiger partial charge on any atom is -0.508 e. The molecular weight excluding hydrogens is 526 g/mol. The number of likely N-dealkylation sites (N-methyl/N-ethyl adjacent to an activating group) is 3. The van der Waals surface area contributed by atoms with E-state index in [0.717, 1.165) is 5.56 Å². The first kappa shape index (κ1) is 32.6. The fourth-order valence-corrected chi connectivity index (χ4v) is 4.51. The number of aromatic hydroxyl groups is 1. The maximum atomic E-state index is 13.9. The number of nitrogens with zero attached hydrogens (tertiary/aromatic N) is 3. The van der Waals surface area contributed by atoms with Crippen LogP contribution in [0.25, 0.3) is 0 Å². The Morgan fingerprint density at radius 1 is 0.805 bits per heavy atom. The molecule has 3 atom stereocenters. The molecule has 0 spiro atoms. The predicted octanol–water partition coefficient (Wildman–Crippen LogP) is 0.427. The highest BCUT2D eigenvalue weighted by molar-refractivity contribution is 5.94. The lowest BCUT2D eigenvalue weighted by atomic mass is 10.00. The van der Waals surface area contributed by atoms with Crippen molar-refractivity contribution in [2.45, 2.75) is 50.7 Å². The van der Waals surface area contributed by atoms with E-state index < -0.39 is 35.8 Å². The molecule has 7 N–H and O–H groups in total. The van der Waals surface area contributed by atoms with Gasteiger partial charge < -0.3 is 36.6 Å². The molecule has 3 unspecified atom stereocenters. The fourth-order valence-electron chi connectivity index (χ4n) is 4.51. The van der Waals surface area contributed by atoms with Gasteiger partial charge >= 0.3 is 0 Å². The Labute approximate surface area is 240 Å². The van der Waals surface area contributed by atoms with Crippen LogP contribution in [0.1, 0.15) is 30.9 Å². The zero-order chi connectivity index (χ0) is 30.7. The van der Waals surface area contributed by atoms with E-state index in [0.29, 0.717) is 18.5 Å². The number of guanidine groups is 1. The van der Waals surface area contributed by atoms with Gasteiger partial charge in [-0.25, -0.2) is 0 Å². The number of amides is 4. The number of nitrogens with one attached hydrogen (secondary N) is 2. The molecule has 12 nitrogen and oxygen atoms in total. The van der Waals surface area contributed by atoms with Crippen molar-refractivity contribution in [3.05, 3.63) is 65.7 Å². The van der Waals surface area contributed by atoms with E-state index >= 15 is 0 Å². The quantitative estimate of drug-likeness (QED) is 0.124. The van der Waals surface area contributed by atoms with Gasteiger partial charge in [0.25, 0.3) is 0 Å².